The average molecular weight is 267 g/mol. The Morgan fingerprint density at radius 1 is 1.42 bits per heavy atom. The molecule has 0 radical (unpaired) electrons. The lowest BCUT2D eigenvalue weighted by atomic mass is 10.1. The molecule has 0 N–H and O–H groups in total. The largest absolute Gasteiger partial charge is 0.497 e. The van der Waals surface area contributed by atoms with Crippen LogP contribution < -0.4 is 4.74 Å². The van der Waals surface area contributed by atoms with Crippen molar-refractivity contribution in [3.05, 3.63) is 29.6 Å². The SMILES string of the molecule is COc1ccc(F)c(CN(C)C[C@@H]2CCCCO2)c1. The van der Waals surface area contributed by atoms with Gasteiger partial charge in [-0.25, -0.2) is 4.39 Å². The van der Waals surface area contributed by atoms with Crippen LogP contribution in [0.5, 0.6) is 5.75 Å². The Bertz CT molecular complexity index is 405. The van der Waals surface area contributed by atoms with Crippen molar-refractivity contribution in [2.45, 2.75) is 31.9 Å². The number of benzene rings is 1. The molecule has 106 valence electrons. The number of likely N-dealkylation sites (N-methyl/N-ethyl adjacent to an activating group) is 1. The molecule has 2 rings (SSSR count). The fraction of sp³-hybridized carbons (Fsp3) is 0.600. The van der Waals surface area contributed by atoms with Crippen LogP contribution in [0.4, 0.5) is 4.39 Å². The summed E-state index contributed by atoms with van der Waals surface area (Å²) in [6.45, 7) is 2.27. The normalized spacial score (nSPS) is 19.7. The van der Waals surface area contributed by atoms with E-state index in [1.54, 1.807) is 19.2 Å². The van der Waals surface area contributed by atoms with Crippen LogP contribution in [0.25, 0.3) is 0 Å². The van der Waals surface area contributed by atoms with Gasteiger partial charge in [-0.15, -0.1) is 0 Å². The maximum absolute atomic E-state index is 13.7. The number of hydrogen-bond acceptors (Lipinski definition) is 3. The summed E-state index contributed by atoms with van der Waals surface area (Å²) in [5.74, 6) is 0.510. The highest BCUT2D eigenvalue weighted by atomic mass is 19.1. The molecule has 0 bridgehead atoms. The zero-order chi connectivity index (χ0) is 13.7. The fourth-order valence-corrected chi connectivity index (χ4v) is 2.45. The van der Waals surface area contributed by atoms with Gasteiger partial charge in [0.15, 0.2) is 0 Å². The summed E-state index contributed by atoms with van der Waals surface area (Å²) < 4.78 is 24.6. The number of ether oxygens (including phenoxy) is 2. The number of nitrogens with zero attached hydrogens (tertiary/aromatic N) is 1. The van der Waals surface area contributed by atoms with E-state index >= 15 is 0 Å². The summed E-state index contributed by atoms with van der Waals surface area (Å²) in [5.41, 5.74) is 0.664. The van der Waals surface area contributed by atoms with Gasteiger partial charge in [-0.2, -0.15) is 0 Å². The predicted octanol–water partition coefficient (Wildman–Crippen LogP) is 2.84. The summed E-state index contributed by atoms with van der Waals surface area (Å²) in [6.07, 6.45) is 3.77. The van der Waals surface area contributed by atoms with Crippen LogP contribution in [0.15, 0.2) is 18.2 Å². The second-order valence-electron chi connectivity index (χ2n) is 5.14. The third kappa shape index (κ3) is 4.18. The molecule has 0 aromatic heterocycles. The lowest BCUT2D eigenvalue weighted by Crippen LogP contribution is -2.33. The van der Waals surface area contributed by atoms with Crippen LogP contribution in [0, 0.1) is 5.82 Å². The average Bonchev–Trinajstić information content (AvgIpc) is 2.42. The van der Waals surface area contributed by atoms with Gasteiger partial charge in [0.05, 0.1) is 13.2 Å². The first-order valence-electron chi connectivity index (χ1n) is 6.81. The van der Waals surface area contributed by atoms with Crippen LogP contribution in [0.3, 0.4) is 0 Å². The summed E-state index contributed by atoms with van der Waals surface area (Å²) in [4.78, 5) is 2.10. The van der Waals surface area contributed by atoms with Crippen molar-refractivity contribution in [1.82, 2.24) is 4.90 Å². The van der Waals surface area contributed by atoms with E-state index in [-0.39, 0.29) is 11.9 Å². The van der Waals surface area contributed by atoms with E-state index in [0.717, 1.165) is 26.0 Å². The van der Waals surface area contributed by atoms with E-state index < -0.39 is 0 Å². The maximum Gasteiger partial charge on any atom is 0.127 e. The highest BCUT2D eigenvalue weighted by molar-refractivity contribution is 5.29. The first-order chi connectivity index (χ1) is 9.19. The molecule has 0 saturated carbocycles. The molecule has 1 saturated heterocycles. The third-order valence-corrected chi connectivity index (χ3v) is 3.48. The van der Waals surface area contributed by atoms with Gasteiger partial charge >= 0.3 is 0 Å². The van der Waals surface area contributed by atoms with Crippen molar-refractivity contribution in [2.24, 2.45) is 0 Å². The zero-order valence-corrected chi connectivity index (χ0v) is 11.7. The summed E-state index contributed by atoms with van der Waals surface area (Å²) in [7, 11) is 3.59. The molecule has 0 unspecified atom stereocenters. The topological polar surface area (TPSA) is 21.7 Å². The van der Waals surface area contributed by atoms with Gasteiger partial charge in [0.25, 0.3) is 0 Å². The molecule has 1 atom stereocenters. The van der Waals surface area contributed by atoms with Crippen LogP contribution in [-0.4, -0.2) is 38.3 Å². The molecule has 0 amide bonds. The second kappa shape index (κ2) is 6.87. The van der Waals surface area contributed by atoms with Gasteiger partial charge in [0, 0.05) is 25.3 Å². The van der Waals surface area contributed by atoms with E-state index in [2.05, 4.69) is 4.90 Å². The van der Waals surface area contributed by atoms with E-state index in [1.807, 2.05) is 7.05 Å². The smallest absolute Gasteiger partial charge is 0.127 e. The molecule has 1 aliphatic rings. The highest BCUT2D eigenvalue weighted by Crippen LogP contribution is 2.19. The van der Waals surface area contributed by atoms with Crippen molar-refractivity contribution in [2.75, 3.05) is 27.3 Å². The summed E-state index contributed by atoms with van der Waals surface area (Å²) in [5, 5.41) is 0. The number of methoxy groups -OCH3 is 1. The lowest BCUT2D eigenvalue weighted by Gasteiger charge is -2.27. The summed E-state index contributed by atoms with van der Waals surface area (Å²) >= 11 is 0. The molecule has 0 aliphatic carbocycles. The highest BCUT2D eigenvalue weighted by Gasteiger charge is 2.16. The van der Waals surface area contributed by atoms with E-state index in [1.165, 1.54) is 12.5 Å². The zero-order valence-electron chi connectivity index (χ0n) is 11.7. The number of hydrogen-bond donors (Lipinski definition) is 0. The van der Waals surface area contributed by atoms with Crippen LogP contribution in [0.1, 0.15) is 24.8 Å². The molecular formula is C15H22FNO2. The van der Waals surface area contributed by atoms with Gasteiger partial charge < -0.3 is 9.47 Å². The minimum atomic E-state index is -0.183. The number of rotatable bonds is 5. The van der Waals surface area contributed by atoms with Gasteiger partial charge in [-0.3, -0.25) is 4.90 Å². The standard InChI is InChI=1S/C15H22FNO2/c1-17(11-14-5-3-4-8-19-14)10-12-9-13(18-2)6-7-15(12)16/h6-7,9,14H,3-5,8,10-11H2,1-2H3/t14-/m0/s1. The Labute approximate surface area is 114 Å². The first-order valence-corrected chi connectivity index (χ1v) is 6.81. The van der Waals surface area contributed by atoms with Crippen LogP contribution in [0.2, 0.25) is 0 Å². The molecule has 0 spiro atoms. The quantitative estimate of drug-likeness (QED) is 0.819. The third-order valence-electron chi connectivity index (χ3n) is 3.48. The van der Waals surface area contributed by atoms with Crippen molar-refractivity contribution in [3.8, 4) is 5.75 Å². The molecule has 1 heterocycles. The molecular weight excluding hydrogens is 245 g/mol. The Kier molecular flexibility index (Phi) is 5.16. The molecule has 1 aromatic rings. The molecule has 1 fully saturated rings. The minimum absolute atomic E-state index is 0.183. The van der Waals surface area contributed by atoms with Crippen LogP contribution >= 0.6 is 0 Å². The van der Waals surface area contributed by atoms with Crippen molar-refractivity contribution in [3.63, 3.8) is 0 Å². The Hall–Kier alpha value is -1.13. The molecule has 1 aromatic carbocycles. The van der Waals surface area contributed by atoms with Gasteiger partial charge in [-0.1, -0.05) is 0 Å². The van der Waals surface area contributed by atoms with Gasteiger partial charge in [-0.05, 0) is 44.5 Å². The van der Waals surface area contributed by atoms with E-state index in [0.29, 0.717) is 17.9 Å². The monoisotopic (exact) mass is 267 g/mol. The summed E-state index contributed by atoms with van der Waals surface area (Å²) in [6, 6.07) is 4.86. The first kappa shape index (κ1) is 14.3. The lowest BCUT2D eigenvalue weighted by molar-refractivity contribution is -0.00272. The van der Waals surface area contributed by atoms with Crippen molar-refractivity contribution >= 4 is 0 Å². The minimum Gasteiger partial charge on any atom is -0.497 e. The van der Waals surface area contributed by atoms with E-state index in [9.17, 15) is 4.39 Å². The van der Waals surface area contributed by atoms with Gasteiger partial charge in [0.1, 0.15) is 11.6 Å². The Morgan fingerprint density at radius 3 is 2.95 bits per heavy atom. The van der Waals surface area contributed by atoms with Gasteiger partial charge in [0.2, 0.25) is 0 Å². The molecule has 3 nitrogen and oxygen atoms in total. The Balaban J connectivity index is 1.92. The molecule has 19 heavy (non-hydrogen) atoms. The van der Waals surface area contributed by atoms with Crippen molar-refractivity contribution in [1.29, 1.82) is 0 Å². The maximum atomic E-state index is 13.7. The number of halogens is 1. The second-order valence-corrected chi connectivity index (χ2v) is 5.14. The van der Waals surface area contributed by atoms with Crippen molar-refractivity contribution < 1.29 is 13.9 Å². The molecule has 4 heteroatoms. The van der Waals surface area contributed by atoms with Crippen LogP contribution in [-0.2, 0) is 11.3 Å². The fourth-order valence-electron chi connectivity index (χ4n) is 2.45. The molecule has 1 aliphatic heterocycles. The Morgan fingerprint density at radius 2 is 2.26 bits per heavy atom. The van der Waals surface area contributed by atoms with E-state index in [4.69, 9.17) is 9.47 Å². The predicted molar refractivity (Wildman–Crippen MR) is 72.9 cm³/mol.